The van der Waals surface area contributed by atoms with Gasteiger partial charge in [0.1, 0.15) is 0 Å². The Morgan fingerprint density at radius 1 is 1.53 bits per heavy atom. The summed E-state index contributed by atoms with van der Waals surface area (Å²) in [6, 6.07) is 0. The van der Waals surface area contributed by atoms with E-state index in [2.05, 4.69) is 22.9 Å². The lowest BCUT2D eigenvalue weighted by molar-refractivity contribution is 0.426. The van der Waals surface area contributed by atoms with Gasteiger partial charge in [-0.25, -0.2) is 0 Å². The first kappa shape index (κ1) is 11.6. The topological polar surface area (TPSA) is 26.0 Å². The molecule has 0 amide bonds. The van der Waals surface area contributed by atoms with Gasteiger partial charge in [-0.1, -0.05) is 19.8 Å². The summed E-state index contributed by atoms with van der Waals surface area (Å²) in [5, 5.41) is 0. The lowest BCUT2D eigenvalue weighted by Crippen LogP contribution is -2.13. The minimum absolute atomic E-state index is 0.685. The maximum Gasteiger partial charge on any atom is 0.0749 e. The SMILES string of the molecule is CCCC1CCc2c(sc(Br)c2CN)C1. The van der Waals surface area contributed by atoms with Crippen molar-refractivity contribution in [1.29, 1.82) is 0 Å². The zero-order chi connectivity index (χ0) is 10.8. The van der Waals surface area contributed by atoms with E-state index >= 15 is 0 Å². The van der Waals surface area contributed by atoms with Gasteiger partial charge in [-0.2, -0.15) is 0 Å². The molecular formula is C12H18BrNS. The summed E-state index contributed by atoms with van der Waals surface area (Å²) in [7, 11) is 0. The zero-order valence-electron chi connectivity index (χ0n) is 9.18. The fourth-order valence-electron chi connectivity index (χ4n) is 2.54. The van der Waals surface area contributed by atoms with Crippen molar-refractivity contribution in [2.75, 3.05) is 0 Å². The molecule has 1 nitrogen and oxygen atoms in total. The lowest BCUT2D eigenvalue weighted by Gasteiger charge is -2.22. The second-order valence-electron chi connectivity index (χ2n) is 4.36. The van der Waals surface area contributed by atoms with Crippen LogP contribution in [0.2, 0.25) is 0 Å². The molecule has 1 aromatic heterocycles. The first-order chi connectivity index (χ1) is 7.26. The van der Waals surface area contributed by atoms with Crippen LogP contribution in [-0.4, -0.2) is 0 Å². The molecule has 0 aromatic carbocycles. The van der Waals surface area contributed by atoms with Gasteiger partial charge in [-0.05, 0) is 52.2 Å². The van der Waals surface area contributed by atoms with Crippen LogP contribution < -0.4 is 5.73 Å². The Bertz CT molecular complexity index is 346. The Morgan fingerprint density at radius 2 is 2.33 bits per heavy atom. The van der Waals surface area contributed by atoms with E-state index in [0.29, 0.717) is 6.54 Å². The van der Waals surface area contributed by atoms with Crippen LogP contribution in [0.3, 0.4) is 0 Å². The molecule has 1 unspecified atom stereocenters. The normalized spacial score (nSPS) is 20.3. The molecule has 84 valence electrons. The highest BCUT2D eigenvalue weighted by molar-refractivity contribution is 9.11. The smallest absolute Gasteiger partial charge is 0.0749 e. The van der Waals surface area contributed by atoms with E-state index in [1.54, 1.807) is 10.4 Å². The molecule has 0 fully saturated rings. The summed E-state index contributed by atoms with van der Waals surface area (Å²) in [6.45, 7) is 2.97. The highest BCUT2D eigenvalue weighted by Gasteiger charge is 2.23. The quantitative estimate of drug-likeness (QED) is 0.897. The number of halogens is 1. The maximum atomic E-state index is 5.79. The molecule has 1 heterocycles. The molecule has 3 heteroatoms. The molecule has 15 heavy (non-hydrogen) atoms. The summed E-state index contributed by atoms with van der Waals surface area (Å²) in [5.41, 5.74) is 8.71. The molecule has 1 aliphatic rings. The monoisotopic (exact) mass is 287 g/mol. The summed E-state index contributed by atoms with van der Waals surface area (Å²) in [4.78, 5) is 1.59. The van der Waals surface area contributed by atoms with Crippen molar-refractivity contribution in [2.24, 2.45) is 11.7 Å². The average molecular weight is 288 g/mol. The molecule has 2 N–H and O–H groups in total. The zero-order valence-corrected chi connectivity index (χ0v) is 11.6. The van der Waals surface area contributed by atoms with Gasteiger partial charge in [-0.15, -0.1) is 11.3 Å². The van der Waals surface area contributed by atoms with Crippen molar-refractivity contribution in [3.05, 3.63) is 19.8 Å². The highest BCUT2D eigenvalue weighted by Crippen LogP contribution is 2.39. The third kappa shape index (κ3) is 2.29. The van der Waals surface area contributed by atoms with Gasteiger partial charge >= 0.3 is 0 Å². The summed E-state index contributed by atoms with van der Waals surface area (Å²) in [5.74, 6) is 0.915. The van der Waals surface area contributed by atoms with Gasteiger partial charge in [0.25, 0.3) is 0 Å². The lowest BCUT2D eigenvalue weighted by atomic mass is 9.85. The van der Waals surface area contributed by atoms with Crippen LogP contribution >= 0.6 is 27.3 Å². The number of nitrogens with two attached hydrogens (primary N) is 1. The molecule has 2 rings (SSSR count). The molecule has 0 saturated carbocycles. The molecule has 0 spiro atoms. The minimum atomic E-state index is 0.685. The highest BCUT2D eigenvalue weighted by atomic mass is 79.9. The number of hydrogen-bond donors (Lipinski definition) is 1. The van der Waals surface area contributed by atoms with Crippen molar-refractivity contribution in [2.45, 2.75) is 45.6 Å². The summed E-state index contributed by atoms with van der Waals surface area (Å²) >= 11 is 5.54. The van der Waals surface area contributed by atoms with Crippen molar-refractivity contribution in [3.8, 4) is 0 Å². The predicted molar refractivity (Wildman–Crippen MR) is 70.3 cm³/mol. The van der Waals surface area contributed by atoms with Crippen molar-refractivity contribution in [3.63, 3.8) is 0 Å². The third-order valence-corrected chi connectivity index (χ3v) is 5.38. The van der Waals surface area contributed by atoms with Gasteiger partial charge in [0.15, 0.2) is 0 Å². The number of thiophene rings is 1. The van der Waals surface area contributed by atoms with Gasteiger partial charge < -0.3 is 5.73 Å². The Balaban J connectivity index is 2.20. The van der Waals surface area contributed by atoms with Gasteiger partial charge in [0.05, 0.1) is 3.79 Å². The van der Waals surface area contributed by atoms with Crippen LogP contribution in [0.15, 0.2) is 3.79 Å². The van der Waals surface area contributed by atoms with E-state index < -0.39 is 0 Å². The maximum absolute atomic E-state index is 5.79. The Labute approximate surface area is 104 Å². The van der Waals surface area contributed by atoms with E-state index in [1.165, 1.54) is 41.5 Å². The average Bonchev–Trinajstić information content (AvgIpc) is 2.53. The van der Waals surface area contributed by atoms with E-state index in [4.69, 9.17) is 5.73 Å². The molecule has 0 aliphatic heterocycles. The van der Waals surface area contributed by atoms with E-state index in [1.807, 2.05) is 11.3 Å². The number of hydrogen-bond acceptors (Lipinski definition) is 2. The minimum Gasteiger partial charge on any atom is -0.326 e. The van der Waals surface area contributed by atoms with Crippen LogP contribution in [0.25, 0.3) is 0 Å². The second-order valence-corrected chi connectivity index (χ2v) is 6.78. The van der Waals surface area contributed by atoms with Gasteiger partial charge in [0, 0.05) is 11.4 Å². The Kier molecular flexibility index (Phi) is 3.86. The van der Waals surface area contributed by atoms with Gasteiger partial charge in [-0.3, -0.25) is 0 Å². The van der Waals surface area contributed by atoms with Crippen LogP contribution in [0.5, 0.6) is 0 Å². The summed E-state index contributed by atoms with van der Waals surface area (Å²) in [6.07, 6.45) is 6.58. The van der Waals surface area contributed by atoms with E-state index in [0.717, 1.165) is 5.92 Å². The molecule has 1 aromatic rings. The Hall–Kier alpha value is 0.140. The number of fused-ring (bicyclic) bond motifs is 1. The fourth-order valence-corrected chi connectivity index (χ4v) is 4.75. The van der Waals surface area contributed by atoms with E-state index in [9.17, 15) is 0 Å². The largest absolute Gasteiger partial charge is 0.326 e. The van der Waals surface area contributed by atoms with Crippen molar-refractivity contribution >= 4 is 27.3 Å². The van der Waals surface area contributed by atoms with Crippen molar-refractivity contribution in [1.82, 2.24) is 0 Å². The first-order valence-electron chi connectivity index (χ1n) is 5.75. The van der Waals surface area contributed by atoms with Crippen LogP contribution in [0, 0.1) is 5.92 Å². The Morgan fingerprint density at radius 3 is 3.00 bits per heavy atom. The molecule has 0 bridgehead atoms. The third-order valence-electron chi connectivity index (χ3n) is 3.33. The molecule has 1 atom stereocenters. The fraction of sp³-hybridized carbons (Fsp3) is 0.667. The second kappa shape index (κ2) is 4.98. The predicted octanol–water partition coefficient (Wildman–Crippen LogP) is 3.87. The van der Waals surface area contributed by atoms with E-state index in [-0.39, 0.29) is 0 Å². The standard InChI is InChI=1S/C12H18BrNS/c1-2-3-8-4-5-9-10(7-14)12(13)15-11(9)6-8/h8H,2-7,14H2,1H3. The number of rotatable bonds is 3. The van der Waals surface area contributed by atoms with Crippen LogP contribution in [0.1, 0.15) is 42.2 Å². The van der Waals surface area contributed by atoms with Crippen LogP contribution in [0.4, 0.5) is 0 Å². The summed E-state index contributed by atoms with van der Waals surface area (Å²) < 4.78 is 1.27. The molecule has 0 radical (unpaired) electrons. The molecule has 1 aliphatic carbocycles. The first-order valence-corrected chi connectivity index (χ1v) is 7.36. The molecule has 0 saturated heterocycles. The molecular weight excluding hydrogens is 270 g/mol. The van der Waals surface area contributed by atoms with Crippen LogP contribution in [-0.2, 0) is 19.4 Å². The van der Waals surface area contributed by atoms with Crippen molar-refractivity contribution < 1.29 is 0 Å². The van der Waals surface area contributed by atoms with Gasteiger partial charge in [0.2, 0.25) is 0 Å².